The Balaban J connectivity index is 1.74. The first-order valence-electron chi connectivity index (χ1n) is 9.28. The quantitative estimate of drug-likeness (QED) is 0.645. The number of rotatable bonds is 5. The third-order valence-electron chi connectivity index (χ3n) is 4.72. The number of fused-ring (bicyclic) bond motifs is 2. The molecule has 3 aromatic rings. The summed E-state index contributed by atoms with van der Waals surface area (Å²) in [7, 11) is 1.62. The molecule has 29 heavy (non-hydrogen) atoms. The van der Waals surface area contributed by atoms with Gasteiger partial charge in [0.1, 0.15) is 5.75 Å². The van der Waals surface area contributed by atoms with Crippen molar-refractivity contribution in [3.8, 4) is 11.6 Å². The van der Waals surface area contributed by atoms with Gasteiger partial charge in [0.25, 0.3) is 11.6 Å². The van der Waals surface area contributed by atoms with Gasteiger partial charge in [0.2, 0.25) is 5.88 Å². The predicted octanol–water partition coefficient (Wildman–Crippen LogP) is 3.50. The van der Waals surface area contributed by atoms with E-state index in [1.165, 1.54) is 5.56 Å². The molecule has 1 aliphatic rings. The van der Waals surface area contributed by atoms with Crippen molar-refractivity contribution < 1.29 is 22.6 Å². The summed E-state index contributed by atoms with van der Waals surface area (Å²) in [5.74, 6) is -0.452. The van der Waals surface area contributed by atoms with Gasteiger partial charge in [-0.05, 0) is 31.4 Å². The van der Waals surface area contributed by atoms with Crippen molar-refractivity contribution >= 4 is 11.5 Å². The number of aromatic nitrogens is 4. The second-order valence-electron chi connectivity index (χ2n) is 6.66. The van der Waals surface area contributed by atoms with Gasteiger partial charge in [0, 0.05) is 12.6 Å². The molecule has 1 aliphatic heterocycles. The van der Waals surface area contributed by atoms with Crippen LogP contribution in [0.15, 0.2) is 24.3 Å². The summed E-state index contributed by atoms with van der Waals surface area (Å²) in [6, 6.07) is 7.51. The molecule has 4 rings (SSSR count). The highest BCUT2D eigenvalue weighted by Gasteiger charge is 2.37. The van der Waals surface area contributed by atoms with E-state index in [0.29, 0.717) is 12.2 Å². The molecular weight excluding hydrogens is 387 g/mol. The van der Waals surface area contributed by atoms with Crippen LogP contribution in [-0.2, 0) is 19.1 Å². The minimum absolute atomic E-state index is 0.143. The molecule has 0 bridgehead atoms. The minimum atomic E-state index is -4.66. The molecule has 0 atom stereocenters. The second kappa shape index (κ2) is 7.41. The number of benzene rings is 1. The van der Waals surface area contributed by atoms with Crippen molar-refractivity contribution in [2.45, 2.75) is 32.5 Å². The van der Waals surface area contributed by atoms with Gasteiger partial charge in [0.05, 0.1) is 31.6 Å². The summed E-state index contributed by atoms with van der Waals surface area (Å²) in [5.41, 5.74) is 2.70. The summed E-state index contributed by atoms with van der Waals surface area (Å²) in [4.78, 5) is 9.97. The molecule has 0 N–H and O–H groups in total. The predicted molar refractivity (Wildman–Crippen MR) is 99.3 cm³/mol. The zero-order valence-electron chi connectivity index (χ0n) is 16.0. The van der Waals surface area contributed by atoms with Crippen LogP contribution in [0, 0.1) is 0 Å². The number of ether oxygens (including phenoxy) is 2. The Morgan fingerprint density at radius 2 is 2.03 bits per heavy atom. The average Bonchev–Trinajstić information content (AvgIpc) is 3.13. The number of hydrogen-bond acceptors (Lipinski definition) is 6. The highest BCUT2D eigenvalue weighted by molar-refractivity contribution is 5.65. The maximum absolute atomic E-state index is 13.0. The zero-order valence-corrected chi connectivity index (χ0v) is 16.0. The van der Waals surface area contributed by atoms with E-state index in [1.54, 1.807) is 20.1 Å². The second-order valence-corrected chi connectivity index (χ2v) is 6.66. The lowest BCUT2D eigenvalue weighted by molar-refractivity contribution is -0.144. The molecule has 0 saturated carbocycles. The molecule has 0 aliphatic carbocycles. The lowest BCUT2D eigenvalue weighted by atomic mass is 10.0. The van der Waals surface area contributed by atoms with E-state index in [0.717, 1.165) is 35.3 Å². The summed E-state index contributed by atoms with van der Waals surface area (Å²) >= 11 is 0. The first kappa shape index (κ1) is 19.3. The van der Waals surface area contributed by atoms with Crippen LogP contribution in [0.3, 0.4) is 0 Å². The zero-order chi connectivity index (χ0) is 20.6. The first-order valence-corrected chi connectivity index (χ1v) is 9.28. The first-order chi connectivity index (χ1) is 13.9. The molecule has 0 spiro atoms. The number of nitrogens with zero attached hydrogens (tertiary/aromatic N) is 5. The fourth-order valence-electron chi connectivity index (χ4n) is 3.56. The van der Waals surface area contributed by atoms with E-state index in [2.05, 4.69) is 26.0 Å². The third-order valence-corrected chi connectivity index (χ3v) is 4.72. The molecule has 3 heterocycles. The maximum atomic E-state index is 13.0. The fraction of sp³-hybridized carbons (Fsp3) is 0.421. The van der Waals surface area contributed by atoms with Gasteiger partial charge in [-0.1, -0.05) is 12.1 Å². The Morgan fingerprint density at radius 3 is 2.76 bits per heavy atom. The number of methoxy groups -OCH3 is 1. The number of hydrogen-bond donors (Lipinski definition) is 0. The smallest absolute Gasteiger partial charge is 0.453 e. The van der Waals surface area contributed by atoms with Crippen LogP contribution in [0.25, 0.3) is 5.78 Å². The lowest BCUT2D eigenvalue weighted by Gasteiger charge is -2.32. The monoisotopic (exact) mass is 407 g/mol. The SMILES string of the molecule is CCOc1cc(CN2CCCc3cccc(OC)c32)nc2nc(C(F)(F)F)nn12. The number of aryl methyl sites for hydroxylation is 1. The van der Waals surface area contributed by atoms with Crippen LogP contribution < -0.4 is 14.4 Å². The van der Waals surface area contributed by atoms with Gasteiger partial charge in [-0.15, -0.1) is 5.10 Å². The molecule has 1 aromatic carbocycles. The molecule has 10 heteroatoms. The number of para-hydroxylation sites is 1. The molecule has 2 aromatic heterocycles. The topological polar surface area (TPSA) is 64.8 Å². The molecular formula is C19H20F3N5O2. The molecule has 0 fully saturated rings. The van der Waals surface area contributed by atoms with E-state index in [-0.39, 0.29) is 18.3 Å². The van der Waals surface area contributed by atoms with Gasteiger partial charge in [-0.2, -0.15) is 22.7 Å². The molecule has 0 saturated heterocycles. The van der Waals surface area contributed by atoms with E-state index in [1.807, 2.05) is 12.1 Å². The van der Waals surface area contributed by atoms with E-state index >= 15 is 0 Å². The lowest BCUT2D eigenvalue weighted by Crippen LogP contribution is -2.29. The standard InChI is InChI=1S/C19H20F3N5O2/c1-3-29-15-10-13(23-18-24-17(19(20,21)22)25-27(15)18)11-26-9-5-7-12-6-4-8-14(28-2)16(12)26/h4,6,8,10H,3,5,7,9,11H2,1-2H3. The minimum Gasteiger partial charge on any atom is -0.495 e. The van der Waals surface area contributed by atoms with Crippen LogP contribution in [0.5, 0.6) is 11.6 Å². The van der Waals surface area contributed by atoms with Crippen LogP contribution in [0.4, 0.5) is 18.9 Å². The van der Waals surface area contributed by atoms with E-state index < -0.39 is 12.0 Å². The van der Waals surface area contributed by atoms with E-state index in [9.17, 15) is 13.2 Å². The maximum Gasteiger partial charge on any atom is 0.453 e. The van der Waals surface area contributed by atoms with Crippen LogP contribution in [-0.4, -0.2) is 39.8 Å². The fourth-order valence-corrected chi connectivity index (χ4v) is 3.56. The summed E-state index contributed by atoms with van der Waals surface area (Å²) in [6.45, 7) is 3.20. The molecule has 0 amide bonds. The van der Waals surface area contributed by atoms with Crippen molar-refractivity contribution in [1.82, 2.24) is 19.6 Å². The largest absolute Gasteiger partial charge is 0.495 e. The van der Waals surface area contributed by atoms with Crippen molar-refractivity contribution in [3.05, 3.63) is 41.3 Å². The van der Waals surface area contributed by atoms with Gasteiger partial charge in [-0.25, -0.2) is 4.98 Å². The summed E-state index contributed by atoms with van der Waals surface area (Å²) in [5, 5.41) is 3.51. The molecule has 154 valence electrons. The Kier molecular flexibility index (Phi) is 4.93. The third kappa shape index (κ3) is 3.66. The van der Waals surface area contributed by atoms with Gasteiger partial charge >= 0.3 is 6.18 Å². The Bertz CT molecular complexity index is 1020. The highest BCUT2D eigenvalue weighted by Crippen LogP contribution is 2.37. The Morgan fingerprint density at radius 1 is 1.21 bits per heavy atom. The van der Waals surface area contributed by atoms with Crippen molar-refractivity contribution in [2.24, 2.45) is 0 Å². The van der Waals surface area contributed by atoms with Crippen LogP contribution in [0.1, 0.15) is 30.4 Å². The van der Waals surface area contributed by atoms with Gasteiger partial charge in [-0.3, -0.25) is 0 Å². The van der Waals surface area contributed by atoms with Crippen molar-refractivity contribution in [2.75, 3.05) is 25.2 Å². The number of alkyl halides is 3. The average molecular weight is 407 g/mol. The number of halogens is 3. The van der Waals surface area contributed by atoms with Gasteiger partial charge < -0.3 is 14.4 Å². The number of anilines is 1. The highest BCUT2D eigenvalue weighted by atomic mass is 19.4. The van der Waals surface area contributed by atoms with E-state index in [4.69, 9.17) is 9.47 Å². The van der Waals surface area contributed by atoms with Crippen LogP contribution >= 0.6 is 0 Å². The summed E-state index contributed by atoms with van der Waals surface area (Å²) < 4.78 is 51.1. The molecule has 0 unspecified atom stereocenters. The normalized spacial score (nSPS) is 14.2. The van der Waals surface area contributed by atoms with Crippen molar-refractivity contribution in [1.29, 1.82) is 0 Å². The Labute approximate surface area is 165 Å². The summed E-state index contributed by atoms with van der Waals surface area (Å²) in [6.07, 6.45) is -2.75. The Hall–Kier alpha value is -3.04. The van der Waals surface area contributed by atoms with Crippen molar-refractivity contribution in [3.63, 3.8) is 0 Å². The van der Waals surface area contributed by atoms with Gasteiger partial charge in [0.15, 0.2) is 0 Å². The molecule has 0 radical (unpaired) electrons. The van der Waals surface area contributed by atoms with Crippen LogP contribution in [0.2, 0.25) is 0 Å². The molecule has 7 nitrogen and oxygen atoms in total.